The Morgan fingerprint density at radius 3 is 2.31 bits per heavy atom. The molecule has 0 bridgehead atoms. The first kappa shape index (κ1) is 21.4. The summed E-state index contributed by atoms with van der Waals surface area (Å²) in [7, 11) is 0. The summed E-state index contributed by atoms with van der Waals surface area (Å²) in [5.41, 5.74) is 5.42. The largest absolute Gasteiger partial charge is 0.293 e. The lowest BCUT2D eigenvalue weighted by atomic mass is 10.1. The van der Waals surface area contributed by atoms with Gasteiger partial charge in [-0.2, -0.15) is 4.68 Å². The zero-order chi connectivity index (χ0) is 22.3. The molecule has 0 aliphatic heterocycles. The van der Waals surface area contributed by atoms with Gasteiger partial charge in [-0.25, -0.2) is 5.84 Å². The SMILES string of the molecule is NNC(=O)c1ccccc1.O=C1c2ccccc2CC1Sc1nnnn1-c1ccccc1. The second kappa shape index (κ2) is 9.99. The van der Waals surface area contributed by atoms with Gasteiger partial charge in [0.25, 0.3) is 5.91 Å². The Balaban J connectivity index is 0.000000207. The molecule has 1 aliphatic rings. The minimum atomic E-state index is -0.263. The number of nitrogens with two attached hydrogens (primary N) is 1. The molecular weight excluding hydrogens is 424 g/mol. The number of Topliss-reactive ketones (excluding diaryl/α,β-unsaturated/α-hetero) is 1. The highest BCUT2D eigenvalue weighted by atomic mass is 32.2. The van der Waals surface area contributed by atoms with Crippen molar-refractivity contribution in [2.75, 3.05) is 0 Å². The number of fused-ring (bicyclic) bond motifs is 1. The van der Waals surface area contributed by atoms with Gasteiger partial charge in [0.2, 0.25) is 5.16 Å². The van der Waals surface area contributed by atoms with Crippen LogP contribution < -0.4 is 11.3 Å². The number of amides is 1. The van der Waals surface area contributed by atoms with Crippen molar-refractivity contribution in [1.82, 2.24) is 25.6 Å². The van der Waals surface area contributed by atoms with Crippen LogP contribution in [-0.2, 0) is 6.42 Å². The molecule has 8 nitrogen and oxygen atoms in total. The first-order chi connectivity index (χ1) is 15.7. The highest BCUT2D eigenvalue weighted by Gasteiger charge is 2.32. The number of hydrogen-bond donors (Lipinski definition) is 2. The van der Waals surface area contributed by atoms with Gasteiger partial charge < -0.3 is 0 Å². The quantitative estimate of drug-likeness (QED) is 0.282. The average molecular weight is 445 g/mol. The maximum absolute atomic E-state index is 12.5. The molecule has 1 aromatic heterocycles. The van der Waals surface area contributed by atoms with Crippen molar-refractivity contribution in [3.63, 3.8) is 0 Å². The molecule has 1 aliphatic carbocycles. The van der Waals surface area contributed by atoms with E-state index in [0.717, 1.165) is 23.2 Å². The van der Waals surface area contributed by atoms with Gasteiger partial charge in [0.05, 0.1) is 10.9 Å². The van der Waals surface area contributed by atoms with Gasteiger partial charge in [-0.15, -0.1) is 5.10 Å². The second-order valence-corrected chi connectivity index (χ2v) is 8.05. The maximum atomic E-state index is 12.5. The Morgan fingerprint density at radius 2 is 1.62 bits per heavy atom. The van der Waals surface area contributed by atoms with Gasteiger partial charge in [-0.3, -0.25) is 15.0 Å². The molecular formula is C23H20N6O2S. The van der Waals surface area contributed by atoms with Gasteiger partial charge >= 0.3 is 0 Å². The van der Waals surface area contributed by atoms with E-state index in [9.17, 15) is 9.59 Å². The van der Waals surface area contributed by atoms with Crippen LogP contribution in [0.1, 0.15) is 26.3 Å². The number of benzene rings is 3. The van der Waals surface area contributed by atoms with Crippen LogP contribution in [0.3, 0.4) is 0 Å². The van der Waals surface area contributed by atoms with Crippen molar-refractivity contribution in [1.29, 1.82) is 0 Å². The van der Waals surface area contributed by atoms with Gasteiger partial charge in [0.1, 0.15) is 0 Å². The summed E-state index contributed by atoms with van der Waals surface area (Å²) in [4.78, 5) is 23.2. The molecule has 32 heavy (non-hydrogen) atoms. The normalized spacial score (nSPS) is 14.3. The van der Waals surface area contributed by atoms with E-state index in [4.69, 9.17) is 5.84 Å². The van der Waals surface area contributed by atoms with Crippen molar-refractivity contribution in [3.8, 4) is 5.69 Å². The molecule has 1 amide bonds. The number of nitrogens with zero attached hydrogens (tertiary/aromatic N) is 4. The zero-order valence-electron chi connectivity index (χ0n) is 17.0. The Hall–Kier alpha value is -3.82. The number of ketones is 1. The van der Waals surface area contributed by atoms with Crippen molar-refractivity contribution in [2.24, 2.45) is 5.84 Å². The fourth-order valence-corrected chi connectivity index (χ4v) is 4.36. The van der Waals surface area contributed by atoms with Crippen LogP contribution in [0.5, 0.6) is 0 Å². The molecule has 0 saturated heterocycles. The molecule has 9 heteroatoms. The Morgan fingerprint density at radius 1 is 0.969 bits per heavy atom. The number of nitrogens with one attached hydrogen (secondary N) is 1. The van der Waals surface area contributed by atoms with Crippen molar-refractivity contribution in [2.45, 2.75) is 16.8 Å². The van der Waals surface area contributed by atoms with Gasteiger partial charge in [0, 0.05) is 11.1 Å². The number of hydrazine groups is 1. The molecule has 4 aromatic rings. The summed E-state index contributed by atoms with van der Waals surface area (Å²) in [6, 6.07) is 26.2. The lowest BCUT2D eigenvalue weighted by Gasteiger charge is -2.07. The first-order valence-electron chi connectivity index (χ1n) is 9.86. The number of carbonyl (C=O) groups excluding carboxylic acids is 2. The fraction of sp³-hybridized carbons (Fsp3) is 0.0870. The number of para-hydroxylation sites is 1. The Kier molecular flexibility index (Phi) is 6.69. The smallest absolute Gasteiger partial charge is 0.265 e. The maximum Gasteiger partial charge on any atom is 0.265 e. The van der Waals surface area contributed by atoms with E-state index < -0.39 is 0 Å². The molecule has 1 heterocycles. The molecule has 0 fully saturated rings. The number of nitrogen functional groups attached to an aromatic ring is 1. The van der Waals surface area contributed by atoms with E-state index in [0.29, 0.717) is 10.7 Å². The Bertz CT molecular complexity index is 1210. The van der Waals surface area contributed by atoms with Crippen LogP contribution >= 0.6 is 11.8 Å². The molecule has 160 valence electrons. The molecule has 0 radical (unpaired) electrons. The van der Waals surface area contributed by atoms with E-state index >= 15 is 0 Å². The van der Waals surface area contributed by atoms with E-state index in [-0.39, 0.29) is 16.9 Å². The van der Waals surface area contributed by atoms with Gasteiger partial charge in [-0.05, 0) is 46.7 Å². The standard InChI is InChI=1S/C16H12N4OS.C7H8N2O/c21-15-13-9-5-4-6-11(13)10-14(15)22-16-17-18-19-20(16)12-7-2-1-3-8-12;8-9-7(10)6-4-2-1-3-5-6/h1-9,14H,10H2;1-5H,8H2,(H,9,10). The van der Waals surface area contributed by atoms with E-state index in [1.165, 1.54) is 11.8 Å². The van der Waals surface area contributed by atoms with Crippen LogP contribution in [0.15, 0.2) is 90.1 Å². The minimum Gasteiger partial charge on any atom is -0.293 e. The zero-order valence-corrected chi connectivity index (χ0v) is 17.8. The summed E-state index contributed by atoms with van der Waals surface area (Å²) in [6.07, 6.45) is 0.724. The Labute approximate surface area is 188 Å². The predicted molar refractivity (Wildman–Crippen MR) is 121 cm³/mol. The molecule has 1 atom stereocenters. The number of tetrazole rings is 1. The van der Waals surface area contributed by atoms with Gasteiger partial charge in [-0.1, -0.05) is 72.4 Å². The molecule has 0 spiro atoms. The molecule has 3 N–H and O–H groups in total. The van der Waals surface area contributed by atoms with Crippen molar-refractivity contribution < 1.29 is 9.59 Å². The molecule has 1 unspecified atom stereocenters. The third kappa shape index (κ3) is 4.74. The number of thioether (sulfide) groups is 1. The number of rotatable bonds is 4. The first-order valence-corrected chi connectivity index (χ1v) is 10.7. The van der Waals surface area contributed by atoms with E-state index in [1.54, 1.807) is 28.9 Å². The highest BCUT2D eigenvalue weighted by Crippen LogP contribution is 2.33. The minimum absolute atomic E-state index is 0.156. The molecule has 5 rings (SSSR count). The number of aromatic nitrogens is 4. The van der Waals surface area contributed by atoms with Crippen LogP contribution in [0.2, 0.25) is 0 Å². The molecule has 0 saturated carbocycles. The van der Waals surface area contributed by atoms with Crippen LogP contribution in [0.25, 0.3) is 5.69 Å². The number of hydrogen-bond acceptors (Lipinski definition) is 7. The lowest BCUT2D eigenvalue weighted by Crippen LogP contribution is -2.29. The van der Waals surface area contributed by atoms with Crippen LogP contribution in [0, 0.1) is 0 Å². The average Bonchev–Trinajstić information content (AvgIpc) is 3.45. The highest BCUT2D eigenvalue weighted by molar-refractivity contribution is 8.00. The fourth-order valence-electron chi connectivity index (χ4n) is 3.28. The summed E-state index contributed by atoms with van der Waals surface area (Å²) < 4.78 is 1.67. The van der Waals surface area contributed by atoms with E-state index in [1.807, 2.05) is 66.1 Å². The summed E-state index contributed by atoms with van der Waals surface area (Å²) in [5, 5.41) is 12.3. The molecule has 3 aromatic carbocycles. The van der Waals surface area contributed by atoms with E-state index in [2.05, 4.69) is 15.5 Å². The third-order valence-corrected chi connectivity index (χ3v) is 5.97. The predicted octanol–water partition coefficient (Wildman–Crippen LogP) is 2.85. The summed E-state index contributed by atoms with van der Waals surface area (Å²) in [6.45, 7) is 0. The lowest BCUT2D eigenvalue weighted by molar-refractivity contribution is 0.0952. The topological polar surface area (TPSA) is 116 Å². The summed E-state index contributed by atoms with van der Waals surface area (Å²) in [5.74, 6) is 4.80. The summed E-state index contributed by atoms with van der Waals surface area (Å²) >= 11 is 1.42. The third-order valence-electron chi connectivity index (χ3n) is 4.84. The van der Waals surface area contributed by atoms with Crippen LogP contribution in [0.4, 0.5) is 0 Å². The second-order valence-electron chi connectivity index (χ2n) is 6.88. The number of carbonyl (C=O) groups is 2. The monoisotopic (exact) mass is 444 g/mol. The van der Waals surface area contributed by atoms with Gasteiger partial charge in [0.15, 0.2) is 5.78 Å². The van der Waals surface area contributed by atoms with Crippen molar-refractivity contribution >= 4 is 23.5 Å². The van der Waals surface area contributed by atoms with Crippen LogP contribution in [-0.4, -0.2) is 37.1 Å². The van der Waals surface area contributed by atoms with Crippen molar-refractivity contribution in [3.05, 3.63) is 102 Å².